The molecule has 0 fully saturated rings. The van der Waals surface area contributed by atoms with Crippen LogP contribution in [0.5, 0.6) is 0 Å². The molecule has 78 valence electrons. The van der Waals surface area contributed by atoms with Crippen LogP contribution in [-0.4, -0.2) is 25.7 Å². The molecule has 0 radical (unpaired) electrons. The summed E-state index contributed by atoms with van der Waals surface area (Å²) in [5.74, 6) is 0.465. The van der Waals surface area contributed by atoms with E-state index >= 15 is 0 Å². The molecule has 0 aromatic rings. The van der Waals surface area contributed by atoms with Gasteiger partial charge < -0.3 is 10.1 Å². The lowest BCUT2D eigenvalue weighted by Gasteiger charge is -2.12. The van der Waals surface area contributed by atoms with Gasteiger partial charge in [-0.3, -0.25) is 4.79 Å². The fourth-order valence-corrected chi connectivity index (χ4v) is 0.956. The largest absolute Gasteiger partial charge is 0.466 e. The Labute approximate surface area is 80.8 Å². The fraction of sp³-hybridized carbons (Fsp3) is 0.900. The van der Waals surface area contributed by atoms with E-state index in [0.29, 0.717) is 19.1 Å². The monoisotopic (exact) mass is 187 g/mol. The van der Waals surface area contributed by atoms with Crippen molar-refractivity contribution in [2.75, 3.05) is 19.7 Å². The van der Waals surface area contributed by atoms with E-state index in [2.05, 4.69) is 19.2 Å². The van der Waals surface area contributed by atoms with Crippen molar-refractivity contribution >= 4 is 5.97 Å². The maximum absolute atomic E-state index is 11.2. The van der Waals surface area contributed by atoms with E-state index in [1.54, 1.807) is 0 Å². The standard InChI is InChI=1S/C10H21NO2/c1-5-13-10(12)9(4)7-11-6-8(2)3/h8-9,11H,5-7H2,1-4H3. The molecular formula is C10H21NO2. The maximum Gasteiger partial charge on any atom is 0.309 e. The second-order valence-corrected chi connectivity index (χ2v) is 3.71. The minimum absolute atomic E-state index is 0.0429. The highest BCUT2D eigenvalue weighted by Crippen LogP contribution is 1.97. The molecule has 1 unspecified atom stereocenters. The summed E-state index contributed by atoms with van der Waals surface area (Å²) in [7, 11) is 0. The lowest BCUT2D eigenvalue weighted by atomic mass is 10.1. The normalized spacial score (nSPS) is 13.0. The zero-order chi connectivity index (χ0) is 10.3. The summed E-state index contributed by atoms with van der Waals surface area (Å²) in [4.78, 5) is 11.2. The first-order chi connectivity index (χ1) is 6.07. The molecule has 0 aliphatic heterocycles. The van der Waals surface area contributed by atoms with Gasteiger partial charge in [-0.25, -0.2) is 0 Å². The Morgan fingerprint density at radius 1 is 1.31 bits per heavy atom. The van der Waals surface area contributed by atoms with E-state index in [-0.39, 0.29) is 11.9 Å². The number of carbonyl (C=O) groups excluding carboxylic acids is 1. The first kappa shape index (κ1) is 12.4. The Hall–Kier alpha value is -0.570. The third-order valence-corrected chi connectivity index (χ3v) is 1.69. The number of rotatable bonds is 6. The maximum atomic E-state index is 11.2. The second-order valence-electron chi connectivity index (χ2n) is 3.71. The van der Waals surface area contributed by atoms with Gasteiger partial charge in [0.25, 0.3) is 0 Å². The van der Waals surface area contributed by atoms with Crippen LogP contribution in [0.15, 0.2) is 0 Å². The van der Waals surface area contributed by atoms with E-state index in [9.17, 15) is 4.79 Å². The van der Waals surface area contributed by atoms with Crippen LogP contribution in [0.1, 0.15) is 27.7 Å². The Balaban J connectivity index is 3.49. The number of nitrogens with one attached hydrogen (secondary N) is 1. The number of hydrogen-bond donors (Lipinski definition) is 1. The number of carbonyl (C=O) groups is 1. The molecule has 0 aromatic carbocycles. The molecule has 0 amide bonds. The quantitative estimate of drug-likeness (QED) is 0.639. The van der Waals surface area contributed by atoms with Gasteiger partial charge in [0, 0.05) is 6.54 Å². The van der Waals surface area contributed by atoms with Crippen LogP contribution in [0.4, 0.5) is 0 Å². The molecule has 3 heteroatoms. The number of hydrogen-bond acceptors (Lipinski definition) is 3. The van der Waals surface area contributed by atoms with Crippen molar-refractivity contribution in [3.63, 3.8) is 0 Å². The fourth-order valence-electron chi connectivity index (χ4n) is 0.956. The first-order valence-electron chi connectivity index (χ1n) is 4.95. The van der Waals surface area contributed by atoms with E-state index < -0.39 is 0 Å². The van der Waals surface area contributed by atoms with Crippen molar-refractivity contribution in [1.29, 1.82) is 0 Å². The molecule has 1 N–H and O–H groups in total. The average molecular weight is 187 g/mol. The summed E-state index contributed by atoms with van der Waals surface area (Å²) in [6.45, 7) is 10.1. The highest BCUT2D eigenvalue weighted by atomic mass is 16.5. The van der Waals surface area contributed by atoms with Crippen LogP contribution in [0.3, 0.4) is 0 Å². The number of esters is 1. The molecule has 0 spiro atoms. The molecule has 0 saturated heterocycles. The molecular weight excluding hydrogens is 166 g/mol. The number of ether oxygens (including phenoxy) is 1. The molecule has 0 aromatic heterocycles. The highest BCUT2D eigenvalue weighted by molar-refractivity contribution is 5.72. The predicted molar refractivity (Wildman–Crippen MR) is 53.5 cm³/mol. The average Bonchev–Trinajstić information content (AvgIpc) is 2.04. The molecule has 0 bridgehead atoms. The predicted octanol–water partition coefficient (Wildman–Crippen LogP) is 1.43. The summed E-state index contributed by atoms with van der Waals surface area (Å²) in [5, 5.41) is 3.22. The van der Waals surface area contributed by atoms with E-state index in [0.717, 1.165) is 6.54 Å². The highest BCUT2D eigenvalue weighted by Gasteiger charge is 2.12. The van der Waals surface area contributed by atoms with Crippen LogP contribution in [-0.2, 0) is 9.53 Å². The van der Waals surface area contributed by atoms with Crippen molar-refractivity contribution < 1.29 is 9.53 Å². The van der Waals surface area contributed by atoms with Crippen molar-refractivity contribution in [3.05, 3.63) is 0 Å². The van der Waals surface area contributed by atoms with E-state index in [1.165, 1.54) is 0 Å². The van der Waals surface area contributed by atoms with Gasteiger partial charge in [-0.15, -0.1) is 0 Å². The summed E-state index contributed by atoms with van der Waals surface area (Å²) in [6, 6.07) is 0. The van der Waals surface area contributed by atoms with Crippen LogP contribution in [0.2, 0.25) is 0 Å². The van der Waals surface area contributed by atoms with Gasteiger partial charge in [-0.05, 0) is 19.4 Å². The van der Waals surface area contributed by atoms with Crippen LogP contribution < -0.4 is 5.32 Å². The Morgan fingerprint density at radius 3 is 2.38 bits per heavy atom. The zero-order valence-electron chi connectivity index (χ0n) is 9.09. The molecule has 3 nitrogen and oxygen atoms in total. The van der Waals surface area contributed by atoms with Gasteiger partial charge >= 0.3 is 5.97 Å². The van der Waals surface area contributed by atoms with E-state index in [1.807, 2.05) is 13.8 Å². The van der Waals surface area contributed by atoms with Crippen molar-refractivity contribution in [3.8, 4) is 0 Å². The van der Waals surface area contributed by atoms with Gasteiger partial charge in [0.1, 0.15) is 0 Å². The Kier molecular flexibility index (Phi) is 6.59. The van der Waals surface area contributed by atoms with Gasteiger partial charge in [0.2, 0.25) is 0 Å². The Bertz CT molecular complexity index is 146. The van der Waals surface area contributed by atoms with Crippen LogP contribution >= 0.6 is 0 Å². The van der Waals surface area contributed by atoms with E-state index in [4.69, 9.17) is 4.74 Å². The summed E-state index contributed by atoms with van der Waals surface area (Å²) in [6.07, 6.45) is 0. The van der Waals surface area contributed by atoms with Crippen LogP contribution in [0.25, 0.3) is 0 Å². The SMILES string of the molecule is CCOC(=O)C(C)CNCC(C)C. The summed E-state index contributed by atoms with van der Waals surface area (Å²) < 4.78 is 4.88. The Morgan fingerprint density at radius 2 is 1.92 bits per heavy atom. The third kappa shape index (κ3) is 6.58. The topological polar surface area (TPSA) is 38.3 Å². The van der Waals surface area contributed by atoms with Gasteiger partial charge in [-0.1, -0.05) is 20.8 Å². The minimum atomic E-state index is -0.112. The smallest absolute Gasteiger partial charge is 0.309 e. The van der Waals surface area contributed by atoms with Gasteiger partial charge in [0.15, 0.2) is 0 Å². The molecule has 1 atom stereocenters. The van der Waals surface area contributed by atoms with Gasteiger partial charge in [-0.2, -0.15) is 0 Å². The van der Waals surface area contributed by atoms with Crippen molar-refractivity contribution in [1.82, 2.24) is 5.32 Å². The lowest BCUT2D eigenvalue weighted by Crippen LogP contribution is -2.30. The molecule has 0 aliphatic rings. The zero-order valence-corrected chi connectivity index (χ0v) is 9.09. The first-order valence-corrected chi connectivity index (χ1v) is 4.95. The molecule has 13 heavy (non-hydrogen) atoms. The lowest BCUT2D eigenvalue weighted by molar-refractivity contribution is -0.147. The van der Waals surface area contributed by atoms with Crippen molar-refractivity contribution in [2.45, 2.75) is 27.7 Å². The molecule has 0 heterocycles. The summed E-state index contributed by atoms with van der Waals surface area (Å²) in [5.41, 5.74) is 0. The molecule has 0 saturated carbocycles. The summed E-state index contributed by atoms with van der Waals surface area (Å²) >= 11 is 0. The van der Waals surface area contributed by atoms with Crippen LogP contribution in [0, 0.1) is 11.8 Å². The minimum Gasteiger partial charge on any atom is -0.466 e. The second kappa shape index (κ2) is 6.89. The molecule has 0 aliphatic carbocycles. The third-order valence-electron chi connectivity index (χ3n) is 1.69. The van der Waals surface area contributed by atoms with Crippen molar-refractivity contribution in [2.24, 2.45) is 11.8 Å². The molecule has 0 rings (SSSR count). The van der Waals surface area contributed by atoms with Gasteiger partial charge in [0.05, 0.1) is 12.5 Å².